The Morgan fingerprint density at radius 3 is 2.26 bits per heavy atom. The molecule has 0 saturated heterocycles. The molecule has 1 N–H and O–H groups in total. The highest BCUT2D eigenvalue weighted by Crippen LogP contribution is 2.19. The van der Waals surface area contributed by atoms with Gasteiger partial charge < -0.3 is 19.5 Å². The van der Waals surface area contributed by atoms with E-state index in [1.54, 1.807) is 13.8 Å². The summed E-state index contributed by atoms with van der Waals surface area (Å²) >= 11 is 0. The van der Waals surface area contributed by atoms with E-state index in [0.717, 1.165) is 5.56 Å². The van der Waals surface area contributed by atoms with Crippen LogP contribution in [0.4, 0.5) is 5.82 Å². The summed E-state index contributed by atoms with van der Waals surface area (Å²) in [6, 6.07) is 9.56. The largest absolute Gasteiger partial charge is 0.470 e. The fourth-order valence-electron chi connectivity index (χ4n) is 2.02. The van der Waals surface area contributed by atoms with Crippen LogP contribution in [0.1, 0.15) is 19.4 Å². The van der Waals surface area contributed by atoms with Gasteiger partial charge in [-0.3, -0.25) is 0 Å². The maximum absolute atomic E-state index is 12.0. The maximum Gasteiger partial charge on any atom is 0.347 e. The lowest BCUT2D eigenvalue weighted by atomic mass is 10.2. The van der Waals surface area contributed by atoms with Gasteiger partial charge in [0, 0.05) is 18.6 Å². The molecule has 0 amide bonds. The van der Waals surface area contributed by atoms with Crippen LogP contribution in [-0.2, 0) is 25.7 Å². The van der Waals surface area contributed by atoms with Crippen molar-refractivity contribution in [2.75, 3.05) is 18.5 Å². The number of rotatable bonds is 9. The molecule has 0 saturated carbocycles. The van der Waals surface area contributed by atoms with Crippen molar-refractivity contribution in [3.8, 4) is 5.88 Å². The van der Waals surface area contributed by atoms with E-state index in [9.17, 15) is 9.59 Å². The zero-order valence-corrected chi connectivity index (χ0v) is 15.2. The van der Waals surface area contributed by atoms with Crippen LogP contribution in [0.25, 0.3) is 0 Å². The average molecular weight is 371 g/mol. The monoisotopic (exact) mass is 371 g/mol. The van der Waals surface area contributed by atoms with E-state index in [1.807, 2.05) is 30.3 Å². The number of aromatic nitrogens is 2. The Hall–Kier alpha value is -3.42. The van der Waals surface area contributed by atoms with Gasteiger partial charge in [-0.05, 0) is 19.4 Å². The van der Waals surface area contributed by atoms with Gasteiger partial charge in [-0.2, -0.15) is 0 Å². The molecule has 0 fully saturated rings. The average Bonchev–Trinajstić information content (AvgIpc) is 2.68. The maximum atomic E-state index is 12.0. The molecule has 8 heteroatoms. The number of anilines is 1. The summed E-state index contributed by atoms with van der Waals surface area (Å²) in [4.78, 5) is 32.2. The van der Waals surface area contributed by atoms with Gasteiger partial charge in [-0.1, -0.05) is 30.3 Å². The Morgan fingerprint density at radius 1 is 1.00 bits per heavy atom. The number of benzene rings is 1. The van der Waals surface area contributed by atoms with Gasteiger partial charge in [-0.25, -0.2) is 19.6 Å². The molecule has 1 heterocycles. The summed E-state index contributed by atoms with van der Waals surface area (Å²) in [6.07, 6.45) is 4.11. The second-order valence-corrected chi connectivity index (χ2v) is 5.13. The molecule has 2 rings (SSSR count). The molecule has 0 atom stereocenters. The first-order valence-electron chi connectivity index (χ1n) is 8.44. The van der Waals surface area contributed by atoms with E-state index in [0.29, 0.717) is 6.61 Å². The molecule has 0 bridgehead atoms. The minimum Gasteiger partial charge on any atom is -0.470 e. The minimum absolute atomic E-state index is 0.131. The molecule has 0 spiro atoms. The third-order valence-corrected chi connectivity index (χ3v) is 3.23. The molecule has 27 heavy (non-hydrogen) atoms. The molecule has 1 aromatic carbocycles. The molecule has 0 radical (unpaired) electrons. The molecular weight excluding hydrogens is 350 g/mol. The predicted molar refractivity (Wildman–Crippen MR) is 97.8 cm³/mol. The normalized spacial score (nSPS) is 9.85. The summed E-state index contributed by atoms with van der Waals surface area (Å²) in [5.41, 5.74) is 0.682. The lowest BCUT2D eigenvalue weighted by molar-refractivity contribution is -0.146. The number of ether oxygens (including phenoxy) is 3. The summed E-state index contributed by atoms with van der Waals surface area (Å²) < 4.78 is 15.4. The van der Waals surface area contributed by atoms with Crippen LogP contribution in [0.15, 0.2) is 54.5 Å². The van der Waals surface area contributed by atoms with Gasteiger partial charge in [0.25, 0.3) is 5.88 Å². The second kappa shape index (κ2) is 10.5. The van der Waals surface area contributed by atoms with Crippen LogP contribution in [0.5, 0.6) is 5.88 Å². The highest BCUT2D eigenvalue weighted by molar-refractivity contribution is 6.14. The molecule has 0 aliphatic carbocycles. The third-order valence-electron chi connectivity index (χ3n) is 3.23. The Balaban J connectivity index is 2.15. The van der Waals surface area contributed by atoms with Crippen molar-refractivity contribution < 1.29 is 23.8 Å². The topological polar surface area (TPSA) is 99.6 Å². The Labute approximate surface area is 157 Å². The van der Waals surface area contributed by atoms with Gasteiger partial charge in [0.1, 0.15) is 6.61 Å². The number of carbonyl (C=O) groups is 2. The standard InChI is InChI=1S/C19H21N3O5/c1-3-25-18(23)15(19(24)26-4-2)12-22-16-17(21-11-10-20-16)27-13-14-8-6-5-7-9-14/h5-12H,3-4,13H2,1-2H3,(H,20,22). The van der Waals surface area contributed by atoms with E-state index in [-0.39, 0.29) is 30.5 Å². The van der Waals surface area contributed by atoms with Crippen molar-refractivity contribution in [1.82, 2.24) is 9.97 Å². The first kappa shape index (κ1) is 19.9. The van der Waals surface area contributed by atoms with Crippen molar-refractivity contribution >= 4 is 17.8 Å². The number of nitrogens with zero attached hydrogens (tertiary/aromatic N) is 2. The van der Waals surface area contributed by atoms with Crippen molar-refractivity contribution in [2.24, 2.45) is 0 Å². The fourth-order valence-corrected chi connectivity index (χ4v) is 2.02. The Kier molecular flexibility index (Phi) is 7.77. The molecule has 142 valence electrons. The molecule has 0 aliphatic heterocycles. The summed E-state index contributed by atoms with van der Waals surface area (Å²) in [5, 5.41) is 2.77. The molecule has 1 aromatic heterocycles. The summed E-state index contributed by atoms with van der Waals surface area (Å²) in [7, 11) is 0. The van der Waals surface area contributed by atoms with Crippen molar-refractivity contribution in [3.05, 3.63) is 60.1 Å². The van der Waals surface area contributed by atoms with Gasteiger partial charge in [0.05, 0.1) is 13.2 Å². The number of esters is 2. The number of hydrogen-bond donors (Lipinski definition) is 1. The minimum atomic E-state index is -0.793. The summed E-state index contributed by atoms with van der Waals surface area (Å²) in [6.45, 7) is 3.84. The molecule has 8 nitrogen and oxygen atoms in total. The predicted octanol–water partition coefficient (Wildman–Crippen LogP) is 2.48. The fraction of sp³-hybridized carbons (Fsp3) is 0.263. The van der Waals surface area contributed by atoms with Crippen molar-refractivity contribution in [3.63, 3.8) is 0 Å². The van der Waals surface area contributed by atoms with Crippen LogP contribution in [0.3, 0.4) is 0 Å². The smallest absolute Gasteiger partial charge is 0.347 e. The molecule has 0 unspecified atom stereocenters. The van der Waals surface area contributed by atoms with E-state index < -0.39 is 11.9 Å². The first-order valence-corrected chi connectivity index (χ1v) is 8.44. The van der Waals surface area contributed by atoms with Gasteiger partial charge >= 0.3 is 11.9 Å². The van der Waals surface area contributed by atoms with Gasteiger partial charge in [0.15, 0.2) is 11.4 Å². The number of hydrogen-bond acceptors (Lipinski definition) is 8. The Morgan fingerprint density at radius 2 is 1.63 bits per heavy atom. The lowest BCUT2D eigenvalue weighted by Crippen LogP contribution is -2.19. The lowest BCUT2D eigenvalue weighted by Gasteiger charge is -2.10. The van der Waals surface area contributed by atoms with E-state index in [1.165, 1.54) is 18.6 Å². The SMILES string of the molecule is CCOC(=O)C(=CNc1nccnc1OCc1ccccc1)C(=O)OCC. The van der Waals surface area contributed by atoms with E-state index >= 15 is 0 Å². The van der Waals surface area contributed by atoms with E-state index in [4.69, 9.17) is 14.2 Å². The zero-order valence-electron chi connectivity index (χ0n) is 15.2. The second-order valence-electron chi connectivity index (χ2n) is 5.13. The molecule has 2 aromatic rings. The van der Waals surface area contributed by atoms with Crippen LogP contribution < -0.4 is 10.1 Å². The first-order chi connectivity index (χ1) is 13.2. The van der Waals surface area contributed by atoms with Gasteiger partial charge in [-0.15, -0.1) is 0 Å². The highest BCUT2D eigenvalue weighted by atomic mass is 16.6. The van der Waals surface area contributed by atoms with Crippen LogP contribution in [0, 0.1) is 0 Å². The zero-order chi connectivity index (χ0) is 19.5. The van der Waals surface area contributed by atoms with E-state index in [2.05, 4.69) is 15.3 Å². The Bertz CT molecular complexity index is 773. The number of nitrogens with one attached hydrogen (secondary N) is 1. The quantitative estimate of drug-likeness (QED) is 0.311. The van der Waals surface area contributed by atoms with Crippen LogP contribution >= 0.6 is 0 Å². The van der Waals surface area contributed by atoms with Crippen LogP contribution in [0.2, 0.25) is 0 Å². The van der Waals surface area contributed by atoms with Crippen molar-refractivity contribution in [2.45, 2.75) is 20.5 Å². The van der Waals surface area contributed by atoms with Crippen molar-refractivity contribution in [1.29, 1.82) is 0 Å². The molecule has 0 aliphatic rings. The third kappa shape index (κ3) is 6.10. The van der Waals surface area contributed by atoms with Gasteiger partial charge in [0.2, 0.25) is 0 Å². The molecular formula is C19H21N3O5. The van der Waals surface area contributed by atoms with Crippen LogP contribution in [-0.4, -0.2) is 35.1 Å². The highest BCUT2D eigenvalue weighted by Gasteiger charge is 2.21. The summed E-state index contributed by atoms with van der Waals surface area (Å²) in [5.74, 6) is -1.11. The number of carbonyl (C=O) groups excluding carboxylic acids is 2.